The van der Waals surface area contributed by atoms with Gasteiger partial charge < -0.3 is 19.7 Å². The minimum absolute atomic E-state index is 0.139. The van der Waals surface area contributed by atoms with Crippen molar-refractivity contribution in [2.24, 2.45) is 0 Å². The molecule has 0 atom stereocenters. The van der Waals surface area contributed by atoms with Gasteiger partial charge in [-0.3, -0.25) is 4.79 Å². The van der Waals surface area contributed by atoms with Gasteiger partial charge in [-0.1, -0.05) is 11.2 Å². The van der Waals surface area contributed by atoms with Crippen molar-refractivity contribution < 1.29 is 24.0 Å². The molecule has 0 bridgehead atoms. The number of rotatable bonds is 5. The van der Waals surface area contributed by atoms with E-state index in [9.17, 15) is 9.59 Å². The molecule has 2 rings (SSSR count). The van der Waals surface area contributed by atoms with Crippen molar-refractivity contribution in [2.75, 3.05) is 11.9 Å². The van der Waals surface area contributed by atoms with Gasteiger partial charge in [0.1, 0.15) is 11.5 Å². The Morgan fingerprint density at radius 3 is 2.76 bits per heavy atom. The van der Waals surface area contributed by atoms with Crippen LogP contribution in [0.25, 0.3) is 0 Å². The van der Waals surface area contributed by atoms with E-state index in [1.807, 2.05) is 0 Å². The summed E-state index contributed by atoms with van der Waals surface area (Å²) in [6.07, 6.45) is 0. The van der Waals surface area contributed by atoms with Gasteiger partial charge >= 0.3 is 5.97 Å². The van der Waals surface area contributed by atoms with Crippen molar-refractivity contribution in [1.82, 2.24) is 5.16 Å². The number of aromatic carboxylic acids is 1. The minimum Gasteiger partial charge on any atom is -0.483 e. The molecule has 0 saturated carbocycles. The van der Waals surface area contributed by atoms with Crippen molar-refractivity contribution >= 4 is 17.7 Å². The quantitative estimate of drug-likeness (QED) is 0.873. The highest BCUT2D eigenvalue weighted by molar-refractivity contribution is 5.91. The number of carbonyl (C=O) groups excluding carboxylic acids is 1. The topological polar surface area (TPSA) is 102 Å². The number of carboxylic acids is 1. The zero-order valence-electron chi connectivity index (χ0n) is 11.5. The molecule has 2 aromatic rings. The molecule has 1 aromatic carbocycles. The zero-order valence-corrected chi connectivity index (χ0v) is 11.5. The molecular formula is C14H14N2O5. The van der Waals surface area contributed by atoms with Crippen LogP contribution < -0.4 is 10.1 Å². The van der Waals surface area contributed by atoms with E-state index in [-0.39, 0.29) is 12.2 Å². The Kier molecular flexibility index (Phi) is 4.22. The van der Waals surface area contributed by atoms with Gasteiger partial charge in [-0.2, -0.15) is 0 Å². The van der Waals surface area contributed by atoms with Crippen molar-refractivity contribution in [3.8, 4) is 5.75 Å². The van der Waals surface area contributed by atoms with Gasteiger partial charge in [-0.15, -0.1) is 0 Å². The summed E-state index contributed by atoms with van der Waals surface area (Å²) < 4.78 is 10.2. The molecule has 1 heterocycles. The van der Waals surface area contributed by atoms with Gasteiger partial charge in [0.05, 0.1) is 5.56 Å². The van der Waals surface area contributed by atoms with Crippen LogP contribution in [0.15, 0.2) is 28.8 Å². The molecule has 7 heteroatoms. The number of carbonyl (C=O) groups is 2. The summed E-state index contributed by atoms with van der Waals surface area (Å²) in [7, 11) is 0. The number of ether oxygens (including phenoxy) is 1. The Morgan fingerprint density at radius 1 is 1.38 bits per heavy atom. The number of amides is 1. The number of hydrogen-bond acceptors (Lipinski definition) is 5. The maximum absolute atomic E-state index is 11.7. The lowest BCUT2D eigenvalue weighted by molar-refractivity contribution is -0.118. The number of benzene rings is 1. The summed E-state index contributed by atoms with van der Waals surface area (Å²) in [6.45, 7) is 3.08. The molecule has 2 N–H and O–H groups in total. The lowest BCUT2D eigenvalue weighted by atomic mass is 10.1. The molecular weight excluding hydrogens is 276 g/mol. The van der Waals surface area contributed by atoms with Crippen LogP contribution in [0.3, 0.4) is 0 Å². The molecule has 0 unspecified atom stereocenters. The van der Waals surface area contributed by atoms with Crippen molar-refractivity contribution in [1.29, 1.82) is 0 Å². The maximum Gasteiger partial charge on any atom is 0.336 e. The number of aromatic nitrogens is 1. The fraction of sp³-hybridized carbons (Fsp3) is 0.214. The predicted molar refractivity (Wildman–Crippen MR) is 73.5 cm³/mol. The van der Waals surface area contributed by atoms with Crippen LogP contribution in [-0.2, 0) is 4.79 Å². The molecule has 21 heavy (non-hydrogen) atoms. The van der Waals surface area contributed by atoms with Crippen LogP contribution in [0.5, 0.6) is 5.75 Å². The minimum atomic E-state index is -1.04. The number of aryl methyl sites for hydroxylation is 1. The molecule has 7 nitrogen and oxygen atoms in total. The second kappa shape index (κ2) is 6.08. The molecule has 0 aliphatic heterocycles. The molecule has 0 aliphatic rings. The lowest BCUT2D eigenvalue weighted by Gasteiger charge is -2.10. The van der Waals surface area contributed by atoms with E-state index in [0.29, 0.717) is 22.9 Å². The van der Waals surface area contributed by atoms with Crippen LogP contribution in [-0.4, -0.2) is 28.7 Å². The molecule has 0 aliphatic carbocycles. The van der Waals surface area contributed by atoms with Crippen molar-refractivity contribution in [3.05, 3.63) is 41.2 Å². The first-order valence-corrected chi connectivity index (χ1v) is 6.16. The van der Waals surface area contributed by atoms with E-state index in [0.717, 1.165) is 0 Å². The lowest BCUT2D eigenvalue weighted by Crippen LogP contribution is -2.20. The fourth-order valence-electron chi connectivity index (χ4n) is 1.75. The fourth-order valence-corrected chi connectivity index (χ4v) is 1.75. The van der Waals surface area contributed by atoms with E-state index >= 15 is 0 Å². The summed E-state index contributed by atoms with van der Waals surface area (Å²) >= 11 is 0. The van der Waals surface area contributed by atoms with Gasteiger partial charge in [-0.25, -0.2) is 4.79 Å². The van der Waals surface area contributed by atoms with E-state index in [4.69, 9.17) is 14.4 Å². The Balaban J connectivity index is 1.98. The van der Waals surface area contributed by atoms with Gasteiger partial charge in [-0.05, 0) is 26.0 Å². The normalized spacial score (nSPS) is 10.2. The van der Waals surface area contributed by atoms with Crippen LogP contribution in [0.4, 0.5) is 5.82 Å². The molecule has 110 valence electrons. The largest absolute Gasteiger partial charge is 0.483 e. The molecule has 1 amide bonds. The molecule has 0 spiro atoms. The predicted octanol–water partition coefficient (Wildman–Crippen LogP) is 2.01. The number of nitrogens with one attached hydrogen (secondary N) is 1. The molecule has 0 fully saturated rings. The van der Waals surface area contributed by atoms with Crippen molar-refractivity contribution in [3.63, 3.8) is 0 Å². The summed E-state index contributed by atoms with van der Waals surface area (Å²) in [4.78, 5) is 22.7. The highest BCUT2D eigenvalue weighted by atomic mass is 16.5. The second-order valence-corrected chi connectivity index (χ2v) is 4.39. The smallest absolute Gasteiger partial charge is 0.336 e. The zero-order chi connectivity index (χ0) is 15.4. The Bertz CT molecular complexity index is 678. The third-order valence-corrected chi connectivity index (χ3v) is 2.77. The standard InChI is InChI=1S/C14H14N2O5/c1-8-6-12(16-21-8)15-13(17)7-20-11-5-3-4-10(9(11)2)14(18)19/h3-6H,7H2,1-2H3,(H,18,19)(H,15,16,17). The summed E-state index contributed by atoms with van der Waals surface area (Å²) in [5.41, 5.74) is 0.607. The van der Waals surface area contributed by atoms with E-state index < -0.39 is 11.9 Å². The second-order valence-electron chi connectivity index (χ2n) is 4.39. The molecule has 0 saturated heterocycles. The Hall–Kier alpha value is -2.83. The van der Waals surface area contributed by atoms with Crippen LogP contribution in [0.1, 0.15) is 21.7 Å². The third kappa shape index (κ3) is 3.59. The summed E-state index contributed by atoms with van der Waals surface area (Å²) in [5, 5.41) is 15.1. The highest BCUT2D eigenvalue weighted by Gasteiger charge is 2.12. The average molecular weight is 290 g/mol. The Morgan fingerprint density at radius 2 is 2.14 bits per heavy atom. The van der Waals surface area contributed by atoms with E-state index in [1.54, 1.807) is 32.0 Å². The van der Waals surface area contributed by atoms with Gasteiger partial charge in [0.25, 0.3) is 5.91 Å². The van der Waals surface area contributed by atoms with Gasteiger partial charge in [0, 0.05) is 11.6 Å². The van der Waals surface area contributed by atoms with Crippen LogP contribution >= 0.6 is 0 Å². The highest BCUT2D eigenvalue weighted by Crippen LogP contribution is 2.21. The molecule has 0 radical (unpaired) electrons. The average Bonchev–Trinajstić information content (AvgIpc) is 2.82. The third-order valence-electron chi connectivity index (χ3n) is 2.77. The number of carboxylic acid groups (broad SMARTS) is 1. The SMILES string of the molecule is Cc1cc(NC(=O)COc2cccc(C(=O)O)c2C)no1. The van der Waals surface area contributed by atoms with Gasteiger partial charge in [0.15, 0.2) is 12.4 Å². The number of nitrogens with zero attached hydrogens (tertiary/aromatic N) is 1. The van der Waals surface area contributed by atoms with Gasteiger partial charge in [0.2, 0.25) is 0 Å². The Labute approximate surface area is 120 Å². The van der Waals surface area contributed by atoms with E-state index in [2.05, 4.69) is 10.5 Å². The van der Waals surface area contributed by atoms with Crippen LogP contribution in [0.2, 0.25) is 0 Å². The first-order chi connectivity index (χ1) is 9.97. The molecule has 1 aromatic heterocycles. The number of hydrogen-bond donors (Lipinski definition) is 2. The summed E-state index contributed by atoms with van der Waals surface area (Å²) in [5.74, 6) is -0.224. The maximum atomic E-state index is 11.7. The monoisotopic (exact) mass is 290 g/mol. The number of anilines is 1. The van der Waals surface area contributed by atoms with E-state index in [1.165, 1.54) is 6.07 Å². The first-order valence-electron chi connectivity index (χ1n) is 6.16. The van der Waals surface area contributed by atoms with Crippen LogP contribution in [0, 0.1) is 13.8 Å². The first kappa shape index (κ1) is 14.6. The van der Waals surface area contributed by atoms with Crippen molar-refractivity contribution in [2.45, 2.75) is 13.8 Å². The summed E-state index contributed by atoms with van der Waals surface area (Å²) in [6, 6.07) is 6.22.